The molecule has 0 radical (unpaired) electrons. The molecule has 0 spiro atoms. The molecule has 94 valence electrons. The zero-order valence-corrected chi connectivity index (χ0v) is 12.1. The maximum absolute atomic E-state index is 5.79. The highest BCUT2D eigenvalue weighted by atomic mass is 79.9. The van der Waals surface area contributed by atoms with Crippen molar-refractivity contribution in [3.8, 4) is 0 Å². The van der Waals surface area contributed by atoms with E-state index < -0.39 is 0 Å². The summed E-state index contributed by atoms with van der Waals surface area (Å²) in [5, 5.41) is 0. The van der Waals surface area contributed by atoms with Crippen LogP contribution in [0.5, 0.6) is 0 Å². The molecule has 0 bridgehead atoms. The van der Waals surface area contributed by atoms with E-state index in [-0.39, 0.29) is 0 Å². The first-order valence-electron chi connectivity index (χ1n) is 5.99. The molecule has 2 N–H and O–H groups in total. The van der Waals surface area contributed by atoms with Crippen molar-refractivity contribution in [1.82, 2.24) is 9.80 Å². The van der Waals surface area contributed by atoms with Crippen LogP contribution in [0.2, 0.25) is 0 Å². The molecular formula is C13H20BrN3. The van der Waals surface area contributed by atoms with Crippen molar-refractivity contribution in [1.29, 1.82) is 0 Å². The van der Waals surface area contributed by atoms with Gasteiger partial charge in [0.05, 0.1) is 0 Å². The molecule has 1 aliphatic rings. The molecule has 0 aliphatic carbocycles. The zero-order valence-electron chi connectivity index (χ0n) is 10.5. The number of likely N-dealkylation sites (tertiary alicyclic amines) is 1. The van der Waals surface area contributed by atoms with Crippen LogP contribution in [0, 0.1) is 0 Å². The number of likely N-dealkylation sites (N-methyl/N-ethyl adjacent to an activating group) is 1. The van der Waals surface area contributed by atoms with Crippen molar-refractivity contribution in [3.05, 3.63) is 28.2 Å². The molecule has 1 atom stereocenters. The lowest BCUT2D eigenvalue weighted by Gasteiger charge is -2.20. The summed E-state index contributed by atoms with van der Waals surface area (Å²) in [5.41, 5.74) is 7.92. The van der Waals surface area contributed by atoms with E-state index in [2.05, 4.69) is 52.0 Å². The van der Waals surface area contributed by atoms with Crippen LogP contribution in [-0.4, -0.2) is 43.0 Å². The lowest BCUT2D eigenvalue weighted by Crippen LogP contribution is -2.31. The standard InChI is InChI=1S/C13H20BrN3/c1-16(2)11-5-6-17(9-11)8-10-3-4-13(15)12(14)7-10/h3-4,7,11H,5-6,8-9,15H2,1-2H3. The van der Waals surface area contributed by atoms with Gasteiger partial charge in [0.15, 0.2) is 0 Å². The summed E-state index contributed by atoms with van der Waals surface area (Å²) in [5.74, 6) is 0. The van der Waals surface area contributed by atoms with Crippen molar-refractivity contribution in [2.45, 2.75) is 19.0 Å². The van der Waals surface area contributed by atoms with E-state index >= 15 is 0 Å². The summed E-state index contributed by atoms with van der Waals surface area (Å²) in [4.78, 5) is 4.82. The van der Waals surface area contributed by atoms with E-state index in [1.807, 2.05) is 6.07 Å². The fourth-order valence-corrected chi connectivity index (χ4v) is 2.73. The summed E-state index contributed by atoms with van der Waals surface area (Å²) in [6, 6.07) is 6.91. The highest BCUT2D eigenvalue weighted by Gasteiger charge is 2.23. The summed E-state index contributed by atoms with van der Waals surface area (Å²) < 4.78 is 0.998. The number of benzene rings is 1. The van der Waals surface area contributed by atoms with Crippen LogP contribution in [0.3, 0.4) is 0 Å². The van der Waals surface area contributed by atoms with Gasteiger partial charge in [-0.3, -0.25) is 4.90 Å². The largest absolute Gasteiger partial charge is 0.398 e. The molecule has 0 aromatic heterocycles. The number of nitrogens with two attached hydrogens (primary N) is 1. The lowest BCUT2D eigenvalue weighted by atomic mass is 10.2. The molecule has 1 heterocycles. The molecule has 17 heavy (non-hydrogen) atoms. The van der Waals surface area contributed by atoms with Crippen molar-refractivity contribution < 1.29 is 0 Å². The van der Waals surface area contributed by atoms with Crippen molar-refractivity contribution >= 4 is 21.6 Å². The number of anilines is 1. The Balaban J connectivity index is 1.96. The molecule has 1 unspecified atom stereocenters. The molecule has 3 nitrogen and oxygen atoms in total. The highest BCUT2D eigenvalue weighted by molar-refractivity contribution is 9.10. The Morgan fingerprint density at radius 1 is 1.47 bits per heavy atom. The first-order valence-corrected chi connectivity index (χ1v) is 6.78. The third kappa shape index (κ3) is 3.21. The third-order valence-corrected chi connectivity index (χ3v) is 4.14. The van der Waals surface area contributed by atoms with Crippen LogP contribution in [0.25, 0.3) is 0 Å². The molecule has 1 fully saturated rings. The van der Waals surface area contributed by atoms with Gasteiger partial charge in [0.25, 0.3) is 0 Å². The van der Waals surface area contributed by atoms with Gasteiger partial charge in [0, 0.05) is 35.8 Å². The second kappa shape index (κ2) is 5.38. The average molecular weight is 298 g/mol. The van der Waals surface area contributed by atoms with Gasteiger partial charge in [-0.25, -0.2) is 0 Å². The predicted octanol–water partition coefficient (Wildman–Crippen LogP) is 2.17. The van der Waals surface area contributed by atoms with Gasteiger partial charge < -0.3 is 10.6 Å². The minimum absolute atomic E-state index is 0.701. The number of nitrogen functional groups attached to an aromatic ring is 1. The number of hydrogen-bond donors (Lipinski definition) is 1. The molecule has 4 heteroatoms. The Bertz CT molecular complexity index is 392. The van der Waals surface area contributed by atoms with Crippen LogP contribution in [0.1, 0.15) is 12.0 Å². The minimum Gasteiger partial charge on any atom is -0.398 e. The van der Waals surface area contributed by atoms with E-state index in [9.17, 15) is 0 Å². The molecule has 1 aromatic rings. The van der Waals surface area contributed by atoms with Gasteiger partial charge in [0.1, 0.15) is 0 Å². The molecule has 1 saturated heterocycles. The van der Waals surface area contributed by atoms with Gasteiger partial charge in [-0.15, -0.1) is 0 Å². The normalized spacial score (nSPS) is 21.3. The Kier molecular flexibility index (Phi) is 4.07. The number of rotatable bonds is 3. The Labute approximate surface area is 112 Å². The second-order valence-corrected chi connectivity index (χ2v) is 5.85. The smallest absolute Gasteiger partial charge is 0.0458 e. The van der Waals surface area contributed by atoms with Crippen LogP contribution in [0.4, 0.5) is 5.69 Å². The zero-order chi connectivity index (χ0) is 12.4. The Morgan fingerprint density at radius 3 is 2.82 bits per heavy atom. The van der Waals surface area contributed by atoms with Gasteiger partial charge in [-0.05, 0) is 54.1 Å². The maximum atomic E-state index is 5.79. The molecule has 0 saturated carbocycles. The fourth-order valence-electron chi connectivity index (χ4n) is 2.30. The monoisotopic (exact) mass is 297 g/mol. The third-order valence-electron chi connectivity index (χ3n) is 3.45. The highest BCUT2D eigenvalue weighted by Crippen LogP contribution is 2.22. The van der Waals surface area contributed by atoms with E-state index in [0.717, 1.165) is 23.2 Å². The van der Waals surface area contributed by atoms with Gasteiger partial charge in [0.2, 0.25) is 0 Å². The number of halogens is 1. The summed E-state index contributed by atoms with van der Waals surface area (Å²) in [6.45, 7) is 3.36. The summed E-state index contributed by atoms with van der Waals surface area (Å²) >= 11 is 3.48. The Morgan fingerprint density at radius 2 is 2.24 bits per heavy atom. The van der Waals surface area contributed by atoms with E-state index in [4.69, 9.17) is 5.73 Å². The quantitative estimate of drug-likeness (QED) is 0.868. The average Bonchev–Trinajstić information content (AvgIpc) is 2.72. The molecular weight excluding hydrogens is 278 g/mol. The van der Waals surface area contributed by atoms with E-state index in [0.29, 0.717) is 6.04 Å². The first-order chi connectivity index (χ1) is 8.06. The minimum atomic E-state index is 0.701. The van der Waals surface area contributed by atoms with Crippen molar-refractivity contribution in [3.63, 3.8) is 0 Å². The van der Waals surface area contributed by atoms with E-state index in [1.165, 1.54) is 18.5 Å². The molecule has 2 rings (SSSR count). The Hall–Kier alpha value is -0.580. The van der Waals surface area contributed by atoms with Crippen LogP contribution in [-0.2, 0) is 6.54 Å². The van der Waals surface area contributed by atoms with Crippen LogP contribution < -0.4 is 5.73 Å². The predicted molar refractivity (Wildman–Crippen MR) is 75.9 cm³/mol. The van der Waals surface area contributed by atoms with Crippen molar-refractivity contribution in [2.75, 3.05) is 32.9 Å². The molecule has 0 amide bonds. The maximum Gasteiger partial charge on any atom is 0.0458 e. The molecule has 1 aromatic carbocycles. The summed E-state index contributed by atoms with van der Waals surface area (Å²) in [7, 11) is 4.32. The van der Waals surface area contributed by atoms with Crippen molar-refractivity contribution in [2.24, 2.45) is 0 Å². The second-order valence-electron chi connectivity index (χ2n) is 5.00. The number of hydrogen-bond acceptors (Lipinski definition) is 3. The summed E-state index contributed by atoms with van der Waals surface area (Å²) in [6.07, 6.45) is 1.27. The topological polar surface area (TPSA) is 32.5 Å². The number of nitrogens with zero attached hydrogens (tertiary/aromatic N) is 2. The van der Waals surface area contributed by atoms with Gasteiger partial charge in [-0.1, -0.05) is 6.07 Å². The lowest BCUT2D eigenvalue weighted by molar-refractivity contribution is 0.264. The van der Waals surface area contributed by atoms with Crippen LogP contribution in [0.15, 0.2) is 22.7 Å². The fraction of sp³-hybridized carbons (Fsp3) is 0.538. The van der Waals surface area contributed by atoms with Gasteiger partial charge >= 0.3 is 0 Å². The van der Waals surface area contributed by atoms with Crippen LogP contribution >= 0.6 is 15.9 Å². The molecule has 1 aliphatic heterocycles. The first kappa shape index (κ1) is 12.9. The van der Waals surface area contributed by atoms with E-state index in [1.54, 1.807) is 0 Å². The van der Waals surface area contributed by atoms with Gasteiger partial charge in [-0.2, -0.15) is 0 Å². The SMILES string of the molecule is CN(C)C1CCN(Cc2ccc(N)c(Br)c2)C1.